The van der Waals surface area contributed by atoms with Crippen molar-refractivity contribution in [1.82, 2.24) is 4.98 Å². The van der Waals surface area contributed by atoms with Crippen molar-refractivity contribution in [3.05, 3.63) is 47.1 Å². The summed E-state index contributed by atoms with van der Waals surface area (Å²) in [6.07, 6.45) is 2.34. The summed E-state index contributed by atoms with van der Waals surface area (Å²) >= 11 is 5.75. The minimum Gasteiger partial charge on any atom is -0.493 e. The van der Waals surface area contributed by atoms with Crippen molar-refractivity contribution in [2.45, 2.75) is 12.8 Å². The normalized spacial score (nSPS) is 10.1. The number of aryl methyl sites for hydroxylation is 1. The molecule has 0 bridgehead atoms. The number of hydrogen-bond acceptors (Lipinski definition) is 4. The summed E-state index contributed by atoms with van der Waals surface area (Å²) < 4.78 is 10.6. The van der Waals surface area contributed by atoms with E-state index in [0.717, 1.165) is 5.56 Å². The number of nitrogens with one attached hydrogen (secondary N) is 1. The van der Waals surface area contributed by atoms with Gasteiger partial charge in [0.05, 0.1) is 19.2 Å². The van der Waals surface area contributed by atoms with Crippen LogP contribution >= 0.6 is 11.6 Å². The van der Waals surface area contributed by atoms with Crippen molar-refractivity contribution in [1.29, 1.82) is 0 Å². The first-order valence-corrected chi connectivity index (χ1v) is 7.13. The first-order chi connectivity index (χ1) is 10.6. The highest BCUT2D eigenvalue weighted by molar-refractivity contribution is 6.30. The maximum Gasteiger partial charge on any atom is 0.225 e. The monoisotopic (exact) mass is 320 g/mol. The molecule has 1 heterocycles. The molecule has 2 aromatic rings. The molecule has 0 aliphatic carbocycles. The second-order valence-corrected chi connectivity index (χ2v) is 5.00. The van der Waals surface area contributed by atoms with E-state index in [-0.39, 0.29) is 5.91 Å². The van der Waals surface area contributed by atoms with Crippen LogP contribution in [0.3, 0.4) is 0 Å². The van der Waals surface area contributed by atoms with Crippen molar-refractivity contribution in [2.75, 3.05) is 19.5 Å². The molecule has 5 nitrogen and oxygen atoms in total. The highest BCUT2D eigenvalue weighted by Crippen LogP contribution is 2.31. The smallest absolute Gasteiger partial charge is 0.225 e. The van der Waals surface area contributed by atoms with Crippen LogP contribution in [0.25, 0.3) is 0 Å². The van der Waals surface area contributed by atoms with Gasteiger partial charge in [-0.1, -0.05) is 23.7 Å². The minimum atomic E-state index is -0.125. The van der Waals surface area contributed by atoms with Crippen molar-refractivity contribution < 1.29 is 14.3 Å². The molecule has 1 N–H and O–H groups in total. The maximum atomic E-state index is 12.0. The summed E-state index contributed by atoms with van der Waals surface area (Å²) in [5.41, 5.74) is 0.918. The van der Waals surface area contributed by atoms with Gasteiger partial charge in [0.15, 0.2) is 11.5 Å². The molecule has 6 heteroatoms. The SMILES string of the molecule is COc1cccc(CCC(=O)Nc2ccc(Cl)cn2)c1OC. The van der Waals surface area contributed by atoms with Gasteiger partial charge in [-0.05, 0) is 30.2 Å². The lowest BCUT2D eigenvalue weighted by molar-refractivity contribution is -0.116. The van der Waals surface area contributed by atoms with E-state index in [1.165, 1.54) is 6.20 Å². The highest BCUT2D eigenvalue weighted by Gasteiger charge is 2.11. The van der Waals surface area contributed by atoms with Crippen LogP contribution in [0.1, 0.15) is 12.0 Å². The van der Waals surface area contributed by atoms with Crippen LogP contribution in [0, 0.1) is 0 Å². The first-order valence-electron chi connectivity index (χ1n) is 6.75. The van der Waals surface area contributed by atoms with Gasteiger partial charge in [0, 0.05) is 12.6 Å². The van der Waals surface area contributed by atoms with Gasteiger partial charge < -0.3 is 14.8 Å². The third kappa shape index (κ3) is 4.11. The van der Waals surface area contributed by atoms with Gasteiger partial charge in [-0.25, -0.2) is 4.98 Å². The zero-order valence-corrected chi connectivity index (χ0v) is 13.2. The molecule has 116 valence electrons. The van der Waals surface area contributed by atoms with Crippen LogP contribution < -0.4 is 14.8 Å². The molecule has 0 aliphatic heterocycles. The predicted octanol–water partition coefficient (Wildman–Crippen LogP) is 3.32. The molecule has 0 radical (unpaired) electrons. The van der Waals surface area contributed by atoms with Crippen molar-refractivity contribution in [3.8, 4) is 11.5 Å². The van der Waals surface area contributed by atoms with Gasteiger partial charge in [0.1, 0.15) is 5.82 Å². The lowest BCUT2D eigenvalue weighted by Crippen LogP contribution is -2.13. The third-order valence-corrected chi connectivity index (χ3v) is 3.32. The second kappa shape index (κ2) is 7.66. The van der Waals surface area contributed by atoms with Crippen LogP contribution in [0.15, 0.2) is 36.5 Å². The van der Waals surface area contributed by atoms with Gasteiger partial charge in [-0.3, -0.25) is 4.79 Å². The number of carbonyl (C=O) groups excluding carboxylic acids is 1. The molecule has 1 amide bonds. The molecule has 0 atom stereocenters. The lowest BCUT2D eigenvalue weighted by Gasteiger charge is -2.12. The summed E-state index contributed by atoms with van der Waals surface area (Å²) in [6, 6.07) is 8.94. The van der Waals surface area contributed by atoms with Gasteiger partial charge in [0.25, 0.3) is 0 Å². The number of ether oxygens (including phenoxy) is 2. The Morgan fingerprint density at radius 1 is 1.23 bits per heavy atom. The molecule has 22 heavy (non-hydrogen) atoms. The molecule has 1 aromatic carbocycles. The zero-order valence-electron chi connectivity index (χ0n) is 12.4. The number of para-hydroxylation sites is 1. The van der Waals surface area contributed by atoms with Crippen LogP contribution in [0.2, 0.25) is 5.02 Å². The van der Waals surface area contributed by atoms with Crippen LogP contribution in [0.4, 0.5) is 5.82 Å². The number of methoxy groups -OCH3 is 2. The molecule has 0 aliphatic rings. The van der Waals surface area contributed by atoms with E-state index >= 15 is 0 Å². The lowest BCUT2D eigenvalue weighted by atomic mass is 10.1. The number of benzene rings is 1. The van der Waals surface area contributed by atoms with E-state index in [2.05, 4.69) is 10.3 Å². The standard InChI is InChI=1S/C16H17ClN2O3/c1-21-13-5-3-4-11(16(13)22-2)6-9-15(20)19-14-8-7-12(17)10-18-14/h3-5,7-8,10H,6,9H2,1-2H3,(H,18,19,20). The van der Waals surface area contributed by atoms with E-state index in [4.69, 9.17) is 21.1 Å². The topological polar surface area (TPSA) is 60.5 Å². The Balaban J connectivity index is 1.98. The molecular formula is C16H17ClN2O3. The maximum absolute atomic E-state index is 12.0. The van der Waals surface area contributed by atoms with Gasteiger partial charge in [0.2, 0.25) is 5.91 Å². The van der Waals surface area contributed by atoms with Crippen molar-refractivity contribution in [2.24, 2.45) is 0 Å². The van der Waals surface area contributed by atoms with Crippen LogP contribution in [0.5, 0.6) is 11.5 Å². The number of carbonyl (C=O) groups is 1. The highest BCUT2D eigenvalue weighted by atomic mass is 35.5. The van der Waals surface area contributed by atoms with E-state index in [9.17, 15) is 4.79 Å². The number of pyridine rings is 1. The van der Waals surface area contributed by atoms with Gasteiger partial charge in [-0.15, -0.1) is 0 Å². The molecule has 2 rings (SSSR count). The summed E-state index contributed by atoms with van der Waals surface area (Å²) in [7, 11) is 3.17. The Hall–Kier alpha value is -2.27. The van der Waals surface area contributed by atoms with Gasteiger partial charge in [-0.2, -0.15) is 0 Å². The fourth-order valence-electron chi connectivity index (χ4n) is 2.05. The van der Waals surface area contributed by atoms with Crippen LogP contribution in [-0.4, -0.2) is 25.1 Å². The molecule has 0 saturated carbocycles. The summed E-state index contributed by atoms with van der Waals surface area (Å²) in [5, 5.41) is 3.25. The first kappa shape index (κ1) is 16.1. The fourth-order valence-corrected chi connectivity index (χ4v) is 2.17. The minimum absolute atomic E-state index is 0.125. The Labute approximate surface area is 134 Å². The number of aromatic nitrogens is 1. The summed E-state index contributed by atoms with van der Waals surface area (Å²) in [4.78, 5) is 16.0. The quantitative estimate of drug-likeness (QED) is 0.887. The van der Waals surface area contributed by atoms with E-state index in [1.54, 1.807) is 26.4 Å². The Kier molecular flexibility index (Phi) is 5.61. The zero-order chi connectivity index (χ0) is 15.9. The number of amides is 1. The summed E-state index contributed by atoms with van der Waals surface area (Å²) in [5.74, 6) is 1.66. The Morgan fingerprint density at radius 2 is 2.05 bits per heavy atom. The van der Waals surface area contributed by atoms with E-state index < -0.39 is 0 Å². The molecule has 0 spiro atoms. The molecule has 0 fully saturated rings. The summed E-state index contributed by atoms with van der Waals surface area (Å²) in [6.45, 7) is 0. The third-order valence-electron chi connectivity index (χ3n) is 3.10. The largest absolute Gasteiger partial charge is 0.493 e. The molecule has 0 saturated heterocycles. The molecule has 0 unspecified atom stereocenters. The fraction of sp³-hybridized carbons (Fsp3) is 0.250. The average Bonchev–Trinajstić information content (AvgIpc) is 2.54. The van der Waals surface area contributed by atoms with Crippen molar-refractivity contribution >= 4 is 23.3 Å². The number of halogens is 1. The molecule has 1 aromatic heterocycles. The second-order valence-electron chi connectivity index (χ2n) is 4.56. The predicted molar refractivity (Wildman–Crippen MR) is 85.7 cm³/mol. The van der Waals surface area contributed by atoms with E-state index in [0.29, 0.717) is 35.2 Å². The van der Waals surface area contributed by atoms with E-state index in [1.807, 2.05) is 18.2 Å². The van der Waals surface area contributed by atoms with Crippen molar-refractivity contribution in [3.63, 3.8) is 0 Å². The Bertz CT molecular complexity index is 644. The number of hydrogen-bond donors (Lipinski definition) is 1. The molecular weight excluding hydrogens is 304 g/mol. The number of anilines is 1. The Morgan fingerprint density at radius 3 is 2.68 bits per heavy atom. The van der Waals surface area contributed by atoms with Crippen LogP contribution in [-0.2, 0) is 11.2 Å². The average molecular weight is 321 g/mol. The number of rotatable bonds is 6. The van der Waals surface area contributed by atoms with Gasteiger partial charge >= 0.3 is 0 Å². The number of nitrogens with zero attached hydrogens (tertiary/aromatic N) is 1.